The van der Waals surface area contributed by atoms with Gasteiger partial charge in [-0.2, -0.15) is 0 Å². The van der Waals surface area contributed by atoms with E-state index in [0.717, 1.165) is 5.56 Å². The molecule has 2 unspecified atom stereocenters. The first kappa shape index (κ1) is 15.1. The average Bonchev–Trinajstić information content (AvgIpc) is 2.28. The second kappa shape index (κ2) is 6.86. The zero-order chi connectivity index (χ0) is 14.4. The Bertz CT molecular complexity index is 418. The van der Waals surface area contributed by atoms with Gasteiger partial charge in [0.1, 0.15) is 0 Å². The number of amides is 2. The molecule has 0 aliphatic rings. The van der Waals surface area contributed by atoms with E-state index in [1.165, 1.54) is 0 Å². The Morgan fingerprint density at radius 1 is 1.11 bits per heavy atom. The molecule has 1 rings (SSSR count). The van der Waals surface area contributed by atoms with Crippen LogP contribution in [0.1, 0.15) is 18.5 Å². The van der Waals surface area contributed by atoms with Crippen LogP contribution in [0.3, 0.4) is 0 Å². The fourth-order valence-corrected chi connectivity index (χ4v) is 2.15. The van der Waals surface area contributed by atoms with Crippen molar-refractivity contribution in [3.05, 3.63) is 35.9 Å². The van der Waals surface area contributed by atoms with E-state index < -0.39 is 11.8 Å². The van der Waals surface area contributed by atoms with Crippen LogP contribution in [0, 0.1) is 0 Å². The Morgan fingerprint density at radius 2 is 1.58 bits per heavy atom. The number of primary amides is 2. The molecule has 19 heavy (non-hydrogen) atoms. The molecule has 0 aliphatic carbocycles. The molecule has 0 heterocycles. The smallest absolute Gasteiger partial charge is 0.231 e. The minimum Gasteiger partial charge on any atom is -0.369 e. The molecule has 0 radical (unpaired) electrons. The van der Waals surface area contributed by atoms with Gasteiger partial charge in [0.15, 0.2) is 0 Å². The van der Waals surface area contributed by atoms with Crippen LogP contribution in [0.5, 0.6) is 0 Å². The normalized spacial score (nSPS) is 14.1. The number of nitrogens with two attached hydrogens (primary N) is 3. The van der Waals surface area contributed by atoms with Crippen LogP contribution in [0.15, 0.2) is 30.3 Å². The van der Waals surface area contributed by atoms with Gasteiger partial charge in [0.2, 0.25) is 11.8 Å². The molecule has 104 valence electrons. The first-order valence-electron chi connectivity index (χ1n) is 6.03. The molecule has 6 heteroatoms. The van der Waals surface area contributed by atoms with E-state index in [1.54, 1.807) is 4.90 Å². The Kier molecular flexibility index (Phi) is 5.47. The monoisotopic (exact) mass is 264 g/mol. The average molecular weight is 264 g/mol. The number of hydrogen-bond acceptors (Lipinski definition) is 4. The summed E-state index contributed by atoms with van der Waals surface area (Å²) in [4.78, 5) is 23.9. The minimum atomic E-state index is -0.525. The third kappa shape index (κ3) is 4.69. The number of hydrogen-bond donors (Lipinski definition) is 3. The Labute approximate surface area is 112 Å². The SMILES string of the molecule is CC(N)C(c1ccccc1)N(CC(N)=O)CC(N)=O. The van der Waals surface area contributed by atoms with Gasteiger partial charge in [-0.3, -0.25) is 14.5 Å². The van der Waals surface area contributed by atoms with Crippen molar-refractivity contribution in [2.75, 3.05) is 13.1 Å². The van der Waals surface area contributed by atoms with Gasteiger partial charge in [0.05, 0.1) is 19.1 Å². The number of carbonyl (C=O) groups is 2. The zero-order valence-electron chi connectivity index (χ0n) is 11.0. The fraction of sp³-hybridized carbons (Fsp3) is 0.385. The number of benzene rings is 1. The Hall–Kier alpha value is -1.92. The molecule has 0 spiro atoms. The molecule has 1 aromatic carbocycles. The molecule has 0 saturated carbocycles. The molecule has 2 amide bonds. The van der Waals surface area contributed by atoms with E-state index in [1.807, 2.05) is 37.3 Å². The van der Waals surface area contributed by atoms with Crippen molar-refractivity contribution in [3.63, 3.8) is 0 Å². The largest absolute Gasteiger partial charge is 0.369 e. The van der Waals surface area contributed by atoms with Crippen LogP contribution >= 0.6 is 0 Å². The van der Waals surface area contributed by atoms with E-state index in [4.69, 9.17) is 17.2 Å². The summed E-state index contributed by atoms with van der Waals surface area (Å²) in [6.45, 7) is 1.68. The van der Waals surface area contributed by atoms with Crippen molar-refractivity contribution in [2.45, 2.75) is 19.0 Å². The van der Waals surface area contributed by atoms with Crippen LogP contribution in [-0.2, 0) is 9.59 Å². The highest BCUT2D eigenvalue weighted by Gasteiger charge is 2.26. The predicted molar refractivity (Wildman–Crippen MR) is 72.8 cm³/mol. The van der Waals surface area contributed by atoms with Crippen molar-refractivity contribution in [3.8, 4) is 0 Å². The standard InChI is InChI=1S/C13H20N4O2/c1-9(14)13(10-5-3-2-4-6-10)17(7-11(15)18)8-12(16)19/h2-6,9,13H,7-8,14H2,1H3,(H2,15,18)(H2,16,19). The minimum absolute atomic E-state index is 0.0654. The summed E-state index contributed by atoms with van der Waals surface area (Å²) in [6.07, 6.45) is 0. The van der Waals surface area contributed by atoms with Crippen molar-refractivity contribution in [2.24, 2.45) is 17.2 Å². The Balaban J connectivity index is 3.04. The van der Waals surface area contributed by atoms with Gasteiger partial charge in [-0.25, -0.2) is 0 Å². The van der Waals surface area contributed by atoms with Crippen molar-refractivity contribution in [1.82, 2.24) is 4.90 Å². The topological polar surface area (TPSA) is 115 Å². The summed E-state index contributed by atoms with van der Waals surface area (Å²) in [5.41, 5.74) is 17.3. The third-order valence-corrected chi connectivity index (χ3v) is 2.75. The highest BCUT2D eigenvalue weighted by molar-refractivity contribution is 5.79. The van der Waals surface area contributed by atoms with E-state index >= 15 is 0 Å². The second-order valence-electron chi connectivity index (χ2n) is 4.55. The molecule has 6 N–H and O–H groups in total. The molecule has 1 aromatic rings. The van der Waals surface area contributed by atoms with Gasteiger partial charge in [-0.15, -0.1) is 0 Å². The summed E-state index contributed by atoms with van der Waals surface area (Å²) >= 11 is 0. The van der Waals surface area contributed by atoms with Gasteiger partial charge in [0.25, 0.3) is 0 Å². The van der Waals surface area contributed by atoms with Crippen LogP contribution in [0.25, 0.3) is 0 Å². The summed E-state index contributed by atoms with van der Waals surface area (Å²) in [7, 11) is 0. The number of rotatable bonds is 7. The highest BCUT2D eigenvalue weighted by atomic mass is 16.2. The van der Waals surface area contributed by atoms with Crippen LogP contribution in [-0.4, -0.2) is 35.8 Å². The maximum absolute atomic E-state index is 11.1. The zero-order valence-corrected chi connectivity index (χ0v) is 11.0. The molecule has 0 fully saturated rings. The molecule has 0 aromatic heterocycles. The van der Waals surface area contributed by atoms with Gasteiger partial charge in [0, 0.05) is 6.04 Å². The van der Waals surface area contributed by atoms with E-state index in [9.17, 15) is 9.59 Å². The lowest BCUT2D eigenvalue weighted by Crippen LogP contribution is -2.47. The van der Waals surface area contributed by atoms with Crippen LogP contribution in [0.4, 0.5) is 0 Å². The number of carbonyl (C=O) groups excluding carboxylic acids is 2. The first-order valence-corrected chi connectivity index (χ1v) is 6.03. The summed E-state index contributed by atoms with van der Waals surface area (Å²) in [6, 6.07) is 8.84. The van der Waals surface area contributed by atoms with E-state index in [2.05, 4.69) is 0 Å². The summed E-state index contributed by atoms with van der Waals surface area (Å²) in [5, 5.41) is 0. The highest BCUT2D eigenvalue weighted by Crippen LogP contribution is 2.22. The molecule has 0 bridgehead atoms. The van der Waals surface area contributed by atoms with Gasteiger partial charge in [-0.1, -0.05) is 30.3 Å². The Morgan fingerprint density at radius 3 is 1.95 bits per heavy atom. The summed E-state index contributed by atoms with van der Waals surface area (Å²) < 4.78 is 0. The lowest BCUT2D eigenvalue weighted by atomic mass is 9.99. The molecule has 6 nitrogen and oxygen atoms in total. The molecule has 0 saturated heterocycles. The predicted octanol–water partition coefficient (Wildman–Crippen LogP) is -0.652. The van der Waals surface area contributed by atoms with Gasteiger partial charge >= 0.3 is 0 Å². The van der Waals surface area contributed by atoms with E-state index in [0.29, 0.717) is 0 Å². The van der Waals surface area contributed by atoms with Gasteiger partial charge < -0.3 is 17.2 Å². The second-order valence-corrected chi connectivity index (χ2v) is 4.55. The number of nitrogens with zero attached hydrogens (tertiary/aromatic N) is 1. The maximum atomic E-state index is 11.1. The van der Waals surface area contributed by atoms with E-state index in [-0.39, 0.29) is 25.2 Å². The quantitative estimate of drug-likeness (QED) is 0.606. The van der Waals surface area contributed by atoms with Crippen LogP contribution in [0.2, 0.25) is 0 Å². The lowest BCUT2D eigenvalue weighted by molar-refractivity contribution is -0.123. The third-order valence-electron chi connectivity index (χ3n) is 2.75. The molecule has 0 aliphatic heterocycles. The molecular formula is C13H20N4O2. The van der Waals surface area contributed by atoms with Crippen molar-refractivity contribution >= 4 is 11.8 Å². The van der Waals surface area contributed by atoms with Crippen molar-refractivity contribution < 1.29 is 9.59 Å². The first-order chi connectivity index (χ1) is 8.91. The fourth-order valence-electron chi connectivity index (χ4n) is 2.15. The summed E-state index contributed by atoms with van der Waals surface area (Å²) in [5.74, 6) is -1.05. The molecular weight excluding hydrogens is 244 g/mol. The van der Waals surface area contributed by atoms with Crippen LogP contribution < -0.4 is 17.2 Å². The molecule has 2 atom stereocenters. The van der Waals surface area contributed by atoms with Gasteiger partial charge in [-0.05, 0) is 12.5 Å². The van der Waals surface area contributed by atoms with Crippen molar-refractivity contribution in [1.29, 1.82) is 0 Å². The lowest BCUT2D eigenvalue weighted by Gasteiger charge is -2.32. The maximum Gasteiger partial charge on any atom is 0.231 e.